The van der Waals surface area contributed by atoms with Crippen molar-refractivity contribution in [3.8, 4) is 11.8 Å². The number of ether oxygens (including phenoxy) is 1. The molecule has 3 fully saturated rings. The Morgan fingerprint density at radius 3 is 2.52 bits per heavy atom. The summed E-state index contributed by atoms with van der Waals surface area (Å²) in [7, 11) is 0. The minimum atomic E-state index is -4.82. The highest BCUT2D eigenvalue weighted by atomic mass is 32.1. The maximum atomic E-state index is 13.8. The van der Waals surface area contributed by atoms with Gasteiger partial charge in [0, 0.05) is 5.69 Å². The first-order valence-electron chi connectivity index (χ1n) is 14.9. The predicted molar refractivity (Wildman–Crippen MR) is 162 cm³/mol. The highest BCUT2D eigenvalue weighted by Gasteiger charge is 2.59. The molecule has 234 valence electrons. The molecule has 44 heavy (non-hydrogen) atoms. The number of pyridine rings is 1. The van der Waals surface area contributed by atoms with Gasteiger partial charge in [-0.05, 0) is 113 Å². The van der Waals surface area contributed by atoms with E-state index in [0.717, 1.165) is 67.2 Å². The monoisotopic (exact) mass is 628 g/mol. The normalized spacial score (nSPS) is 19.6. The Morgan fingerprint density at radius 2 is 1.95 bits per heavy atom. The number of primary amides is 1. The molecule has 2 amide bonds. The van der Waals surface area contributed by atoms with Gasteiger partial charge >= 0.3 is 6.18 Å². The summed E-state index contributed by atoms with van der Waals surface area (Å²) in [5.74, 6) is 0.517. The Kier molecular flexibility index (Phi) is 8.87. The standard InChI is InChI=1S/C31H35F3N6O3S/c1-3-21-15-22(5-6-26(21)43-14-9-20-7-12-38(13-8-20)19(2)27(36)41)40-29(44)39(28(42)30(40)10-4-11-30)23-16-24(31(32,33)34)25(17-35)37-18-23/h5-6,15-16,18-20H,3-4,7-14H2,1-2H3,(H2,36,41). The molecule has 0 bridgehead atoms. The molecule has 1 unspecified atom stereocenters. The number of thiocarbonyl (C=S) groups is 1. The van der Waals surface area contributed by atoms with Crippen molar-refractivity contribution in [2.45, 2.75) is 76.6 Å². The lowest BCUT2D eigenvalue weighted by Gasteiger charge is -2.43. The number of piperidine rings is 1. The lowest BCUT2D eigenvalue weighted by Crippen LogP contribution is -2.55. The molecule has 13 heteroatoms. The van der Waals surface area contributed by atoms with E-state index in [1.807, 2.05) is 32.0 Å². The number of nitriles is 1. The Labute approximate surface area is 259 Å². The minimum Gasteiger partial charge on any atom is -0.493 e. The molecule has 2 saturated heterocycles. The van der Waals surface area contributed by atoms with Gasteiger partial charge < -0.3 is 15.4 Å². The molecule has 1 aromatic carbocycles. The molecule has 3 aliphatic rings. The highest BCUT2D eigenvalue weighted by Crippen LogP contribution is 2.48. The molecule has 2 N–H and O–H groups in total. The third-order valence-electron chi connectivity index (χ3n) is 9.21. The number of aromatic nitrogens is 1. The summed E-state index contributed by atoms with van der Waals surface area (Å²) >= 11 is 5.74. The van der Waals surface area contributed by atoms with Gasteiger partial charge in [0.05, 0.1) is 30.1 Å². The van der Waals surface area contributed by atoms with Crippen molar-refractivity contribution in [1.82, 2.24) is 9.88 Å². The van der Waals surface area contributed by atoms with Crippen molar-refractivity contribution >= 4 is 40.5 Å². The number of nitrogens with two attached hydrogens (primary N) is 1. The van der Waals surface area contributed by atoms with Crippen molar-refractivity contribution in [2.24, 2.45) is 11.7 Å². The van der Waals surface area contributed by atoms with E-state index >= 15 is 0 Å². The van der Waals surface area contributed by atoms with Gasteiger partial charge in [0.15, 0.2) is 10.8 Å². The van der Waals surface area contributed by atoms with E-state index in [4.69, 9.17) is 28.0 Å². The molecule has 3 heterocycles. The maximum absolute atomic E-state index is 13.8. The fourth-order valence-corrected chi connectivity index (χ4v) is 6.82. The van der Waals surface area contributed by atoms with Crippen molar-refractivity contribution in [1.29, 1.82) is 5.26 Å². The van der Waals surface area contributed by atoms with Crippen LogP contribution in [-0.4, -0.2) is 58.1 Å². The molecule has 2 aliphatic heterocycles. The first-order chi connectivity index (χ1) is 20.9. The molecule has 9 nitrogen and oxygen atoms in total. The number of nitrogens with zero attached hydrogens (tertiary/aromatic N) is 5. The number of anilines is 2. The summed E-state index contributed by atoms with van der Waals surface area (Å²) < 4.78 is 47.3. The van der Waals surface area contributed by atoms with E-state index in [1.54, 1.807) is 4.90 Å². The first-order valence-corrected chi connectivity index (χ1v) is 15.3. The van der Waals surface area contributed by atoms with Crippen LogP contribution in [0.2, 0.25) is 0 Å². The van der Waals surface area contributed by atoms with Crippen LogP contribution in [0.4, 0.5) is 24.5 Å². The summed E-state index contributed by atoms with van der Waals surface area (Å²) in [5, 5.41) is 9.22. The predicted octanol–water partition coefficient (Wildman–Crippen LogP) is 4.95. The van der Waals surface area contributed by atoms with Crippen LogP contribution >= 0.6 is 12.2 Å². The smallest absolute Gasteiger partial charge is 0.419 e. The molecule has 2 aromatic rings. The van der Waals surface area contributed by atoms with Crippen LogP contribution in [0.25, 0.3) is 0 Å². The van der Waals surface area contributed by atoms with Crippen LogP contribution in [0.5, 0.6) is 5.75 Å². The first kappa shape index (κ1) is 31.7. The SMILES string of the molecule is CCc1cc(N2C(=S)N(c3cnc(C#N)c(C(F)(F)F)c3)C(=O)C23CCC3)ccc1OCCC1CCN(C(C)C(N)=O)CC1. The fraction of sp³-hybridized carbons (Fsp3) is 0.516. The van der Waals surface area contributed by atoms with Crippen LogP contribution in [0.3, 0.4) is 0 Å². The van der Waals surface area contributed by atoms with Gasteiger partial charge in [-0.15, -0.1) is 0 Å². The Morgan fingerprint density at radius 1 is 1.25 bits per heavy atom. The van der Waals surface area contributed by atoms with Gasteiger partial charge in [-0.25, -0.2) is 4.98 Å². The number of carbonyl (C=O) groups excluding carboxylic acids is 2. The molecule has 1 saturated carbocycles. The Balaban J connectivity index is 1.32. The zero-order valence-electron chi connectivity index (χ0n) is 24.7. The number of hydrogen-bond donors (Lipinski definition) is 1. The average Bonchev–Trinajstić information content (AvgIpc) is 3.22. The molecule has 1 aliphatic carbocycles. The molecular weight excluding hydrogens is 593 g/mol. The zero-order chi connectivity index (χ0) is 31.8. The molecule has 1 spiro atoms. The number of aryl methyl sites for hydroxylation is 1. The maximum Gasteiger partial charge on any atom is 0.419 e. The third-order valence-corrected chi connectivity index (χ3v) is 9.58. The highest BCUT2D eigenvalue weighted by molar-refractivity contribution is 7.81. The number of benzene rings is 1. The number of halogens is 3. The zero-order valence-corrected chi connectivity index (χ0v) is 25.5. The number of carbonyl (C=O) groups is 2. The van der Waals surface area contributed by atoms with E-state index in [1.165, 1.54) is 6.07 Å². The van der Waals surface area contributed by atoms with Gasteiger partial charge in [0.2, 0.25) is 5.91 Å². The second-order valence-corrected chi connectivity index (χ2v) is 12.0. The summed E-state index contributed by atoms with van der Waals surface area (Å²) in [5.41, 5.74) is 3.96. The Hall–Kier alpha value is -3.76. The van der Waals surface area contributed by atoms with Crippen molar-refractivity contribution in [3.05, 3.63) is 47.3 Å². The van der Waals surface area contributed by atoms with Crippen LogP contribution in [0.15, 0.2) is 30.5 Å². The summed E-state index contributed by atoms with van der Waals surface area (Å²) in [6, 6.07) is 7.60. The quantitative estimate of drug-likeness (QED) is 0.388. The van der Waals surface area contributed by atoms with E-state index in [0.29, 0.717) is 37.5 Å². The number of rotatable bonds is 9. The lowest BCUT2D eigenvalue weighted by molar-refractivity contribution is -0.138. The van der Waals surface area contributed by atoms with Crippen LogP contribution in [0.1, 0.15) is 69.2 Å². The molecule has 1 aromatic heterocycles. The largest absolute Gasteiger partial charge is 0.493 e. The number of alkyl halides is 3. The lowest BCUT2D eigenvalue weighted by atomic mass is 9.75. The molecular formula is C31H35F3N6O3S. The van der Waals surface area contributed by atoms with Gasteiger partial charge in [-0.3, -0.25) is 19.4 Å². The number of hydrogen-bond acceptors (Lipinski definition) is 7. The summed E-state index contributed by atoms with van der Waals surface area (Å²) in [6.07, 6.45) is 1.54. The van der Waals surface area contributed by atoms with Gasteiger partial charge in [-0.1, -0.05) is 6.92 Å². The summed E-state index contributed by atoms with van der Waals surface area (Å²) in [4.78, 5) is 34.0. The number of likely N-dealkylation sites (tertiary alicyclic amines) is 1. The minimum absolute atomic E-state index is 0.0713. The number of amides is 2. The second kappa shape index (κ2) is 12.3. The molecule has 1 atom stereocenters. The van der Waals surface area contributed by atoms with Crippen molar-refractivity contribution < 1.29 is 27.5 Å². The van der Waals surface area contributed by atoms with Crippen molar-refractivity contribution in [2.75, 3.05) is 29.5 Å². The van der Waals surface area contributed by atoms with Gasteiger partial charge in [0.25, 0.3) is 5.91 Å². The van der Waals surface area contributed by atoms with E-state index in [-0.39, 0.29) is 22.7 Å². The fourth-order valence-electron chi connectivity index (χ4n) is 6.36. The van der Waals surface area contributed by atoms with Gasteiger partial charge in [-0.2, -0.15) is 18.4 Å². The van der Waals surface area contributed by atoms with Crippen LogP contribution in [-0.2, 0) is 22.2 Å². The van der Waals surface area contributed by atoms with Gasteiger partial charge in [0.1, 0.15) is 17.4 Å². The topological polar surface area (TPSA) is 116 Å². The van der Waals surface area contributed by atoms with E-state index < -0.39 is 28.9 Å². The molecule has 5 rings (SSSR count). The van der Waals surface area contributed by atoms with Crippen molar-refractivity contribution in [3.63, 3.8) is 0 Å². The van der Waals surface area contributed by atoms with E-state index in [9.17, 15) is 22.8 Å². The van der Waals surface area contributed by atoms with E-state index in [2.05, 4.69) is 9.88 Å². The average molecular weight is 629 g/mol. The third kappa shape index (κ3) is 5.73. The molecule has 0 radical (unpaired) electrons. The summed E-state index contributed by atoms with van der Waals surface area (Å²) in [6.45, 7) is 6.03. The second-order valence-electron chi connectivity index (χ2n) is 11.7. The Bertz CT molecular complexity index is 1500. The van der Waals surface area contributed by atoms with Crippen LogP contribution < -0.4 is 20.3 Å². The van der Waals surface area contributed by atoms with Crippen LogP contribution in [0, 0.1) is 17.2 Å².